The highest BCUT2D eigenvalue weighted by Gasteiger charge is 2.24. The number of fused-ring (bicyclic) bond motifs is 3. The van der Waals surface area contributed by atoms with Crippen molar-refractivity contribution in [3.8, 4) is 51.5 Å². The number of hydrogen-bond donors (Lipinski definition) is 0. The summed E-state index contributed by atoms with van der Waals surface area (Å²) in [4.78, 5) is 11.2. The van der Waals surface area contributed by atoms with Gasteiger partial charge in [-0.15, -0.1) is 45.3 Å². The van der Waals surface area contributed by atoms with E-state index in [0.29, 0.717) is 0 Å². The molecule has 0 aliphatic heterocycles. The van der Waals surface area contributed by atoms with Crippen LogP contribution in [0, 0.1) is 11.8 Å². The van der Waals surface area contributed by atoms with Crippen molar-refractivity contribution in [1.29, 1.82) is 0 Å². The fraction of sp³-hybridized carbons (Fsp3) is 0.348. The molecule has 0 spiro atoms. The van der Waals surface area contributed by atoms with Gasteiger partial charge in [0.15, 0.2) is 0 Å². The normalized spacial score (nSPS) is 13.5. The van der Waals surface area contributed by atoms with Crippen molar-refractivity contribution in [3.05, 3.63) is 112 Å². The number of thiophene rings is 4. The van der Waals surface area contributed by atoms with E-state index in [1.54, 1.807) is 0 Å². The van der Waals surface area contributed by atoms with E-state index in [9.17, 15) is 0 Å². The maximum Gasteiger partial charge on any atom is 0.0449 e. The number of benzene rings is 2. The van der Waals surface area contributed by atoms with Gasteiger partial charge in [0.25, 0.3) is 0 Å². The van der Waals surface area contributed by atoms with Crippen LogP contribution >= 0.6 is 45.3 Å². The van der Waals surface area contributed by atoms with Gasteiger partial charge in [0.05, 0.1) is 0 Å². The van der Waals surface area contributed by atoms with Crippen molar-refractivity contribution < 1.29 is 0 Å². The summed E-state index contributed by atoms with van der Waals surface area (Å²) in [6.07, 6.45) is 13.0. The summed E-state index contributed by atoms with van der Waals surface area (Å²) in [5, 5.41) is 0. The van der Waals surface area contributed by atoms with E-state index in [1.165, 1.54) is 137 Å². The van der Waals surface area contributed by atoms with Gasteiger partial charge in [0.2, 0.25) is 0 Å². The largest absolute Gasteiger partial charge is 0.139 e. The van der Waals surface area contributed by atoms with E-state index in [4.69, 9.17) is 0 Å². The Balaban J connectivity index is 1.05. The Hall–Kier alpha value is -3.02. The van der Waals surface area contributed by atoms with Gasteiger partial charge < -0.3 is 0 Å². The Labute approximate surface area is 316 Å². The van der Waals surface area contributed by atoms with E-state index in [0.717, 1.165) is 17.4 Å². The number of hydrogen-bond acceptors (Lipinski definition) is 4. The molecule has 0 bridgehead atoms. The molecule has 0 radical (unpaired) electrons. The second-order valence-corrected chi connectivity index (χ2v) is 18.6. The Kier molecular flexibility index (Phi) is 11.4. The van der Waals surface area contributed by atoms with Crippen LogP contribution in [-0.4, -0.2) is 0 Å². The summed E-state index contributed by atoms with van der Waals surface area (Å²) in [6, 6.07) is 32.6. The molecule has 4 heterocycles. The van der Waals surface area contributed by atoms with Crippen molar-refractivity contribution in [2.24, 2.45) is 11.8 Å². The topological polar surface area (TPSA) is 0 Å². The summed E-state index contributed by atoms with van der Waals surface area (Å²) < 4.78 is 0. The van der Waals surface area contributed by atoms with E-state index in [1.807, 2.05) is 45.3 Å². The van der Waals surface area contributed by atoms with Crippen LogP contribution in [0.4, 0.5) is 0 Å². The van der Waals surface area contributed by atoms with Gasteiger partial charge in [-0.2, -0.15) is 0 Å². The number of rotatable bonds is 16. The quantitative estimate of drug-likeness (QED) is 0.0929. The summed E-state index contributed by atoms with van der Waals surface area (Å²) in [5.41, 5.74) is 8.84. The first-order valence-electron chi connectivity index (χ1n) is 18.8. The van der Waals surface area contributed by atoms with Crippen LogP contribution in [0.15, 0.2) is 91.5 Å². The molecule has 2 unspecified atom stereocenters. The molecular weight excluding hydrogens is 681 g/mol. The van der Waals surface area contributed by atoms with Gasteiger partial charge in [0.1, 0.15) is 0 Å². The minimum absolute atomic E-state index is 0.807. The zero-order valence-electron chi connectivity index (χ0n) is 30.1. The molecule has 1 aliphatic carbocycles. The fourth-order valence-corrected chi connectivity index (χ4v) is 11.9. The van der Waals surface area contributed by atoms with Crippen LogP contribution in [0.3, 0.4) is 0 Å². The molecule has 0 N–H and O–H groups in total. The Morgan fingerprint density at radius 1 is 0.460 bits per heavy atom. The maximum atomic E-state index is 4.63. The van der Waals surface area contributed by atoms with Gasteiger partial charge in [0, 0.05) is 39.0 Å². The Morgan fingerprint density at radius 2 is 0.860 bits per heavy atom. The van der Waals surface area contributed by atoms with Crippen molar-refractivity contribution in [1.82, 2.24) is 0 Å². The highest BCUT2D eigenvalue weighted by atomic mass is 32.1. The average Bonchev–Trinajstić information content (AvgIpc) is 3.99. The van der Waals surface area contributed by atoms with Crippen molar-refractivity contribution in [3.63, 3.8) is 0 Å². The van der Waals surface area contributed by atoms with Crippen LogP contribution in [0.1, 0.15) is 99.9 Å². The third kappa shape index (κ3) is 7.60. The summed E-state index contributed by atoms with van der Waals surface area (Å²) in [5.74, 6) is 1.61. The smallest absolute Gasteiger partial charge is 0.0449 e. The van der Waals surface area contributed by atoms with Gasteiger partial charge >= 0.3 is 0 Å². The molecule has 2 atom stereocenters. The third-order valence-electron chi connectivity index (χ3n) is 10.6. The number of unbranched alkanes of at least 4 members (excludes halogenated alkanes) is 2. The molecule has 0 nitrogen and oxygen atoms in total. The van der Waals surface area contributed by atoms with Crippen molar-refractivity contribution in [2.75, 3.05) is 0 Å². The lowest BCUT2D eigenvalue weighted by Gasteiger charge is -2.12. The van der Waals surface area contributed by atoms with Gasteiger partial charge in [-0.3, -0.25) is 0 Å². The highest BCUT2D eigenvalue weighted by Crippen LogP contribution is 2.48. The van der Waals surface area contributed by atoms with E-state index in [2.05, 4.69) is 119 Å². The minimum atomic E-state index is 0.807. The molecule has 4 heteroatoms. The van der Waals surface area contributed by atoms with Crippen LogP contribution < -0.4 is 0 Å². The molecular formula is C46H50S4. The molecule has 6 aromatic rings. The summed E-state index contributed by atoms with van der Waals surface area (Å²) in [7, 11) is 0. The fourth-order valence-electron chi connectivity index (χ4n) is 7.46. The standard InChI is InChI=1S/C46H50S4/c1-6-10-12-31(8-3)26-35-16-20-43(47-35)45-24-22-41(49-45)33-14-18-37-38-19-15-34(29-40(38)30(5)39(37)28-33)42-23-25-46(50-42)44-21-17-36(48-44)27-32(9-4)13-11-7-2/h14-25,28-29,31-32H,5-13,26-27H2,1-4H3. The maximum absolute atomic E-state index is 4.63. The van der Waals surface area contributed by atoms with Crippen molar-refractivity contribution in [2.45, 2.75) is 91.9 Å². The monoisotopic (exact) mass is 730 g/mol. The predicted molar refractivity (Wildman–Crippen MR) is 227 cm³/mol. The molecule has 7 rings (SSSR count). The lowest BCUT2D eigenvalue weighted by atomic mass is 9.95. The van der Waals surface area contributed by atoms with Gasteiger partial charge in [-0.1, -0.05) is 110 Å². The zero-order valence-corrected chi connectivity index (χ0v) is 33.4. The Morgan fingerprint density at radius 3 is 1.28 bits per heavy atom. The first-order chi connectivity index (χ1) is 24.5. The van der Waals surface area contributed by atoms with E-state index < -0.39 is 0 Å². The molecule has 4 aromatic heterocycles. The SMILES string of the molecule is C=C1c2cc(-c3ccc(-c4ccc(CC(CC)CCCC)s4)s3)ccc2-c2ccc(-c3ccc(-c4ccc(CC(CC)CCCC)s4)s3)cc21. The molecule has 0 fully saturated rings. The predicted octanol–water partition coefficient (Wildman–Crippen LogP) is 16.2. The lowest BCUT2D eigenvalue weighted by Crippen LogP contribution is -2.01. The Bertz CT molecular complexity index is 1910. The molecule has 50 heavy (non-hydrogen) atoms. The minimum Gasteiger partial charge on any atom is -0.139 e. The van der Waals surface area contributed by atoms with Crippen molar-refractivity contribution >= 4 is 50.9 Å². The second kappa shape index (κ2) is 16.1. The van der Waals surface area contributed by atoms with Gasteiger partial charge in [-0.25, -0.2) is 0 Å². The lowest BCUT2D eigenvalue weighted by molar-refractivity contribution is 0.452. The zero-order chi connectivity index (χ0) is 34.6. The van der Waals surface area contributed by atoms with Crippen LogP contribution in [-0.2, 0) is 12.8 Å². The van der Waals surface area contributed by atoms with Crippen LogP contribution in [0.5, 0.6) is 0 Å². The molecule has 1 aliphatic rings. The van der Waals surface area contributed by atoms with E-state index in [-0.39, 0.29) is 0 Å². The summed E-state index contributed by atoms with van der Waals surface area (Å²) >= 11 is 7.80. The van der Waals surface area contributed by atoms with E-state index >= 15 is 0 Å². The average molecular weight is 731 g/mol. The summed E-state index contributed by atoms with van der Waals surface area (Å²) in [6.45, 7) is 13.9. The molecule has 0 amide bonds. The third-order valence-corrected chi connectivity index (χ3v) is 15.5. The molecule has 0 saturated carbocycles. The molecule has 0 saturated heterocycles. The first-order valence-corrected chi connectivity index (χ1v) is 22.1. The second-order valence-electron chi connectivity index (χ2n) is 14.1. The van der Waals surface area contributed by atoms with Crippen LogP contribution in [0.25, 0.3) is 57.1 Å². The van der Waals surface area contributed by atoms with Crippen LogP contribution in [0.2, 0.25) is 0 Å². The molecule has 2 aromatic carbocycles. The first kappa shape index (κ1) is 35.4. The highest BCUT2D eigenvalue weighted by molar-refractivity contribution is 7.24. The molecule has 258 valence electrons. The van der Waals surface area contributed by atoms with Gasteiger partial charge in [-0.05, 0) is 124 Å².